The molecular weight excluding hydrogens is 242 g/mol. The van der Waals surface area contributed by atoms with Gasteiger partial charge in [-0.2, -0.15) is 5.26 Å². The summed E-state index contributed by atoms with van der Waals surface area (Å²) in [5.41, 5.74) is 2.87. The Labute approximate surface area is 111 Å². The molecule has 1 aromatic rings. The third kappa shape index (κ3) is 3.43. The van der Waals surface area contributed by atoms with E-state index in [1.165, 1.54) is 25.7 Å². The molecule has 1 saturated carbocycles. The van der Waals surface area contributed by atoms with E-state index in [9.17, 15) is 4.21 Å². The fraction of sp³-hybridized carbons (Fsp3) is 0.533. The molecule has 2 nitrogen and oxygen atoms in total. The van der Waals surface area contributed by atoms with Crippen molar-refractivity contribution in [2.75, 3.05) is 5.75 Å². The first kappa shape index (κ1) is 13.3. The second kappa shape index (κ2) is 6.15. The van der Waals surface area contributed by atoms with Crippen LogP contribution in [0.2, 0.25) is 0 Å². The highest BCUT2D eigenvalue weighted by Gasteiger charge is 2.18. The average molecular weight is 261 g/mol. The van der Waals surface area contributed by atoms with Crippen LogP contribution in [-0.2, 0) is 16.6 Å². The number of benzene rings is 1. The Morgan fingerprint density at radius 2 is 2.11 bits per heavy atom. The van der Waals surface area contributed by atoms with E-state index >= 15 is 0 Å². The third-order valence-corrected chi connectivity index (χ3v) is 5.16. The number of rotatable bonds is 4. The summed E-state index contributed by atoms with van der Waals surface area (Å²) in [5, 5.41) is 8.81. The molecule has 1 aliphatic rings. The van der Waals surface area contributed by atoms with E-state index in [-0.39, 0.29) is 0 Å². The van der Waals surface area contributed by atoms with E-state index in [0.29, 0.717) is 17.2 Å². The Morgan fingerprint density at radius 1 is 1.39 bits per heavy atom. The van der Waals surface area contributed by atoms with Gasteiger partial charge in [-0.3, -0.25) is 4.21 Å². The number of aryl methyl sites for hydroxylation is 1. The molecule has 0 N–H and O–H groups in total. The first-order chi connectivity index (χ1) is 8.69. The van der Waals surface area contributed by atoms with Gasteiger partial charge in [-0.15, -0.1) is 0 Å². The summed E-state index contributed by atoms with van der Waals surface area (Å²) in [4.78, 5) is 0. The van der Waals surface area contributed by atoms with E-state index in [4.69, 9.17) is 5.26 Å². The molecule has 1 atom stereocenters. The van der Waals surface area contributed by atoms with Crippen molar-refractivity contribution in [3.63, 3.8) is 0 Å². The molecule has 2 rings (SSSR count). The predicted molar refractivity (Wildman–Crippen MR) is 74.6 cm³/mol. The lowest BCUT2D eigenvalue weighted by Gasteiger charge is -2.10. The Hall–Kier alpha value is -1.14. The molecule has 1 fully saturated rings. The van der Waals surface area contributed by atoms with Crippen LogP contribution in [0.1, 0.15) is 42.4 Å². The predicted octanol–water partition coefficient (Wildman–Crippen LogP) is 3.31. The van der Waals surface area contributed by atoms with Crippen molar-refractivity contribution in [3.8, 4) is 6.07 Å². The average Bonchev–Trinajstić information content (AvgIpc) is 2.84. The Kier molecular flexibility index (Phi) is 4.54. The van der Waals surface area contributed by atoms with Gasteiger partial charge in [-0.1, -0.05) is 18.9 Å². The third-order valence-electron chi connectivity index (χ3n) is 3.68. The topological polar surface area (TPSA) is 40.9 Å². The fourth-order valence-corrected chi connectivity index (χ4v) is 4.25. The first-order valence-corrected chi connectivity index (χ1v) is 8.02. The number of nitriles is 1. The van der Waals surface area contributed by atoms with Crippen molar-refractivity contribution in [1.29, 1.82) is 5.26 Å². The van der Waals surface area contributed by atoms with Gasteiger partial charge < -0.3 is 0 Å². The van der Waals surface area contributed by atoms with Crippen LogP contribution in [0.15, 0.2) is 18.2 Å². The summed E-state index contributed by atoms with van der Waals surface area (Å²) in [6.45, 7) is 1.99. The van der Waals surface area contributed by atoms with Crippen LogP contribution in [0, 0.1) is 24.2 Å². The van der Waals surface area contributed by atoms with Crippen LogP contribution in [0.3, 0.4) is 0 Å². The zero-order valence-corrected chi connectivity index (χ0v) is 11.6. The van der Waals surface area contributed by atoms with Crippen LogP contribution < -0.4 is 0 Å². The highest BCUT2D eigenvalue weighted by molar-refractivity contribution is 7.84. The van der Waals surface area contributed by atoms with E-state index in [1.807, 2.05) is 25.1 Å². The van der Waals surface area contributed by atoms with Gasteiger partial charge in [0.15, 0.2) is 0 Å². The van der Waals surface area contributed by atoms with Gasteiger partial charge in [0.05, 0.1) is 11.6 Å². The van der Waals surface area contributed by atoms with Crippen molar-refractivity contribution in [1.82, 2.24) is 0 Å². The van der Waals surface area contributed by atoms with Gasteiger partial charge in [0.1, 0.15) is 0 Å². The molecule has 0 heterocycles. The largest absolute Gasteiger partial charge is 0.259 e. The Balaban J connectivity index is 1.96. The highest BCUT2D eigenvalue weighted by atomic mass is 32.2. The molecule has 0 aliphatic heterocycles. The van der Waals surface area contributed by atoms with E-state index < -0.39 is 10.8 Å². The van der Waals surface area contributed by atoms with Gasteiger partial charge in [0.2, 0.25) is 0 Å². The molecule has 0 radical (unpaired) electrons. The van der Waals surface area contributed by atoms with Crippen LogP contribution in [-0.4, -0.2) is 9.96 Å². The second-order valence-corrected chi connectivity index (χ2v) is 6.66. The summed E-state index contributed by atoms with van der Waals surface area (Å²) < 4.78 is 12.1. The van der Waals surface area contributed by atoms with E-state index in [2.05, 4.69) is 6.07 Å². The Morgan fingerprint density at radius 3 is 2.72 bits per heavy atom. The molecular formula is C15H19NOS. The molecule has 1 aromatic carbocycles. The quantitative estimate of drug-likeness (QED) is 0.834. The summed E-state index contributed by atoms with van der Waals surface area (Å²) >= 11 is 0. The monoisotopic (exact) mass is 261 g/mol. The summed E-state index contributed by atoms with van der Waals surface area (Å²) in [6, 6.07) is 7.77. The number of nitrogens with zero attached hydrogens (tertiary/aromatic N) is 1. The SMILES string of the molecule is Cc1cc(C#N)ccc1CS(=O)CC1CCCC1. The summed E-state index contributed by atoms with van der Waals surface area (Å²) in [5.74, 6) is 2.15. The molecule has 18 heavy (non-hydrogen) atoms. The van der Waals surface area contributed by atoms with Crippen molar-refractivity contribution < 1.29 is 4.21 Å². The molecule has 0 aromatic heterocycles. The van der Waals surface area contributed by atoms with E-state index in [1.54, 1.807) is 0 Å². The van der Waals surface area contributed by atoms with Gasteiger partial charge in [0.25, 0.3) is 0 Å². The van der Waals surface area contributed by atoms with Gasteiger partial charge in [-0.05, 0) is 48.9 Å². The van der Waals surface area contributed by atoms with Gasteiger partial charge in [-0.25, -0.2) is 0 Å². The van der Waals surface area contributed by atoms with Crippen molar-refractivity contribution >= 4 is 10.8 Å². The van der Waals surface area contributed by atoms with Crippen molar-refractivity contribution in [2.24, 2.45) is 5.92 Å². The minimum absolute atomic E-state index is 0.633. The van der Waals surface area contributed by atoms with Gasteiger partial charge in [0, 0.05) is 22.3 Å². The highest BCUT2D eigenvalue weighted by Crippen LogP contribution is 2.26. The van der Waals surface area contributed by atoms with Crippen LogP contribution in [0.5, 0.6) is 0 Å². The maximum absolute atomic E-state index is 12.1. The lowest BCUT2D eigenvalue weighted by Crippen LogP contribution is -2.10. The van der Waals surface area contributed by atoms with Crippen LogP contribution >= 0.6 is 0 Å². The normalized spacial score (nSPS) is 17.6. The molecule has 1 unspecified atom stereocenters. The summed E-state index contributed by atoms with van der Waals surface area (Å²) in [7, 11) is -0.763. The zero-order chi connectivity index (χ0) is 13.0. The van der Waals surface area contributed by atoms with Crippen molar-refractivity contribution in [3.05, 3.63) is 34.9 Å². The lowest BCUT2D eigenvalue weighted by atomic mass is 10.1. The van der Waals surface area contributed by atoms with Crippen molar-refractivity contribution in [2.45, 2.75) is 38.4 Å². The maximum atomic E-state index is 12.1. The first-order valence-electron chi connectivity index (χ1n) is 6.53. The Bertz CT molecular complexity index is 484. The minimum Gasteiger partial charge on any atom is -0.259 e. The second-order valence-electron chi connectivity index (χ2n) is 5.15. The molecule has 3 heteroatoms. The standard InChI is InChI=1S/C15H19NOS/c1-12-8-14(9-16)6-7-15(12)11-18(17)10-13-4-2-3-5-13/h6-8,13H,2-5,10-11H2,1H3. The lowest BCUT2D eigenvalue weighted by molar-refractivity contribution is 0.604. The van der Waals surface area contributed by atoms with Gasteiger partial charge >= 0.3 is 0 Å². The molecule has 1 aliphatic carbocycles. The molecule has 96 valence electrons. The minimum atomic E-state index is -0.763. The molecule has 0 spiro atoms. The molecule has 0 bridgehead atoms. The van der Waals surface area contributed by atoms with Crippen LogP contribution in [0.25, 0.3) is 0 Å². The smallest absolute Gasteiger partial charge is 0.0991 e. The summed E-state index contributed by atoms with van der Waals surface area (Å²) in [6.07, 6.45) is 5.10. The van der Waals surface area contributed by atoms with E-state index in [0.717, 1.165) is 16.9 Å². The maximum Gasteiger partial charge on any atom is 0.0991 e. The molecule has 0 saturated heterocycles. The number of hydrogen-bond acceptors (Lipinski definition) is 2. The fourth-order valence-electron chi connectivity index (χ4n) is 2.60. The van der Waals surface area contributed by atoms with Crippen LogP contribution in [0.4, 0.5) is 0 Å². The zero-order valence-electron chi connectivity index (χ0n) is 10.8. The molecule has 0 amide bonds. The number of hydrogen-bond donors (Lipinski definition) is 0.